The molecule has 0 aliphatic carbocycles. The van der Waals surface area contributed by atoms with Crippen LogP contribution in [-0.4, -0.2) is 44.1 Å². The summed E-state index contributed by atoms with van der Waals surface area (Å²) in [4.78, 5) is 16.4. The van der Waals surface area contributed by atoms with Crippen molar-refractivity contribution in [3.63, 3.8) is 0 Å². The van der Waals surface area contributed by atoms with Gasteiger partial charge in [0.15, 0.2) is 0 Å². The Balaban J connectivity index is 1.69. The number of methoxy groups -OCH3 is 1. The highest BCUT2D eigenvalue weighted by Gasteiger charge is 2.24. The Morgan fingerprint density at radius 3 is 2.21 bits per heavy atom. The first-order valence-electron chi connectivity index (χ1n) is 7.72. The highest BCUT2D eigenvalue weighted by atomic mass is 19.1. The van der Waals surface area contributed by atoms with Crippen LogP contribution in [0.25, 0.3) is 0 Å². The highest BCUT2D eigenvalue weighted by Crippen LogP contribution is 2.23. The van der Waals surface area contributed by atoms with E-state index in [1.165, 1.54) is 37.4 Å². The van der Waals surface area contributed by atoms with E-state index in [1.54, 1.807) is 17.0 Å². The van der Waals surface area contributed by atoms with Gasteiger partial charge in [-0.3, -0.25) is 4.79 Å². The number of rotatable bonds is 3. The first kappa shape index (κ1) is 16.2. The fraction of sp³-hybridized carbons (Fsp3) is 0.278. The van der Waals surface area contributed by atoms with Crippen molar-refractivity contribution in [2.45, 2.75) is 0 Å². The van der Waals surface area contributed by atoms with Crippen LogP contribution in [-0.2, 0) is 0 Å². The SMILES string of the molecule is COc1ccc(F)cc1C(=O)N1CCN(c2ccc(F)cc2)CC1. The topological polar surface area (TPSA) is 32.8 Å². The van der Waals surface area contributed by atoms with Gasteiger partial charge in [0, 0.05) is 31.9 Å². The number of piperazine rings is 1. The molecule has 1 fully saturated rings. The van der Waals surface area contributed by atoms with Gasteiger partial charge in [-0.1, -0.05) is 0 Å². The second kappa shape index (κ2) is 6.86. The largest absolute Gasteiger partial charge is 0.496 e. The standard InChI is InChI=1S/C18H18F2N2O2/c1-24-17-7-4-14(20)12-16(17)18(23)22-10-8-21(9-11-22)15-5-2-13(19)3-6-15/h2-7,12H,8-11H2,1H3. The Hall–Kier alpha value is -2.63. The van der Waals surface area contributed by atoms with E-state index in [0.29, 0.717) is 31.9 Å². The van der Waals surface area contributed by atoms with Gasteiger partial charge in [0.25, 0.3) is 5.91 Å². The summed E-state index contributed by atoms with van der Waals surface area (Å²) in [6.45, 7) is 2.29. The summed E-state index contributed by atoms with van der Waals surface area (Å²) >= 11 is 0. The van der Waals surface area contributed by atoms with Crippen molar-refractivity contribution in [3.8, 4) is 5.75 Å². The lowest BCUT2D eigenvalue weighted by Crippen LogP contribution is -2.48. The summed E-state index contributed by atoms with van der Waals surface area (Å²) in [6, 6.07) is 10.2. The van der Waals surface area contributed by atoms with Gasteiger partial charge in [0.2, 0.25) is 0 Å². The number of nitrogens with zero attached hydrogens (tertiary/aromatic N) is 2. The fourth-order valence-corrected chi connectivity index (χ4v) is 2.84. The summed E-state index contributed by atoms with van der Waals surface area (Å²) in [6.07, 6.45) is 0. The molecule has 1 amide bonds. The van der Waals surface area contributed by atoms with Crippen molar-refractivity contribution in [2.24, 2.45) is 0 Å². The molecule has 1 aliphatic rings. The predicted molar refractivity (Wildman–Crippen MR) is 87.5 cm³/mol. The van der Waals surface area contributed by atoms with Crippen molar-refractivity contribution in [1.29, 1.82) is 0 Å². The highest BCUT2D eigenvalue weighted by molar-refractivity contribution is 5.97. The number of benzene rings is 2. The van der Waals surface area contributed by atoms with Gasteiger partial charge in [-0.25, -0.2) is 8.78 Å². The average molecular weight is 332 g/mol. The molecule has 0 aromatic heterocycles. The molecule has 24 heavy (non-hydrogen) atoms. The van der Waals surface area contributed by atoms with Gasteiger partial charge in [-0.15, -0.1) is 0 Å². The molecule has 2 aromatic rings. The second-order valence-electron chi connectivity index (χ2n) is 5.60. The Labute approximate surface area is 139 Å². The monoisotopic (exact) mass is 332 g/mol. The molecule has 0 saturated carbocycles. The minimum absolute atomic E-state index is 0.229. The molecule has 126 valence electrons. The Bertz CT molecular complexity index is 726. The maximum absolute atomic E-state index is 13.5. The number of hydrogen-bond donors (Lipinski definition) is 0. The minimum Gasteiger partial charge on any atom is -0.496 e. The lowest BCUT2D eigenvalue weighted by atomic mass is 10.1. The average Bonchev–Trinajstić information content (AvgIpc) is 2.62. The number of halogens is 2. The number of anilines is 1. The van der Waals surface area contributed by atoms with Gasteiger partial charge in [-0.2, -0.15) is 0 Å². The lowest BCUT2D eigenvalue weighted by Gasteiger charge is -2.36. The molecular formula is C18H18F2N2O2. The van der Waals surface area contributed by atoms with Gasteiger partial charge >= 0.3 is 0 Å². The number of amides is 1. The summed E-state index contributed by atoms with van der Waals surface area (Å²) in [5, 5.41) is 0. The molecule has 4 nitrogen and oxygen atoms in total. The van der Waals surface area contributed by atoms with Crippen LogP contribution in [0, 0.1) is 11.6 Å². The van der Waals surface area contributed by atoms with E-state index < -0.39 is 5.82 Å². The number of carbonyl (C=O) groups is 1. The van der Waals surface area contributed by atoms with Gasteiger partial charge < -0.3 is 14.5 Å². The molecule has 0 spiro atoms. The smallest absolute Gasteiger partial charge is 0.257 e. The summed E-state index contributed by atoms with van der Waals surface area (Å²) in [5.41, 5.74) is 1.15. The maximum atomic E-state index is 13.5. The molecule has 1 aliphatic heterocycles. The van der Waals surface area contributed by atoms with E-state index >= 15 is 0 Å². The summed E-state index contributed by atoms with van der Waals surface area (Å²) < 4.78 is 31.6. The molecule has 6 heteroatoms. The first-order chi connectivity index (χ1) is 11.6. The van der Waals surface area contributed by atoms with Crippen molar-refractivity contribution < 1.29 is 18.3 Å². The maximum Gasteiger partial charge on any atom is 0.257 e. The van der Waals surface area contributed by atoms with Crippen LogP contribution in [0.5, 0.6) is 5.75 Å². The predicted octanol–water partition coefficient (Wildman–Crippen LogP) is 2.94. The van der Waals surface area contributed by atoms with E-state index in [4.69, 9.17) is 4.74 Å². The fourth-order valence-electron chi connectivity index (χ4n) is 2.84. The van der Waals surface area contributed by atoms with Crippen LogP contribution < -0.4 is 9.64 Å². The quantitative estimate of drug-likeness (QED) is 0.866. The summed E-state index contributed by atoms with van der Waals surface area (Å²) in [5.74, 6) is -0.623. The third kappa shape index (κ3) is 3.32. The Morgan fingerprint density at radius 2 is 1.58 bits per heavy atom. The normalized spacial score (nSPS) is 14.6. The molecule has 1 heterocycles. The number of carbonyl (C=O) groups excluding carboxylic acids is 1. The van der Waals surface area contributed by atoms with Gasteiger partial charge in [0.1, 0.15) is 17.4 Å². The van der Waals surface area contributed by atoms with Crippen molar-refractivity contribution in [3.05, 3.63) is 59.7 Å². The van der Waals surface area contributed by atoms with E-state index in [-0.39, 0.29) is 17.3 Å². The number of ether oxygens (including phenoxy) is 1. The van der Waals surface area contributed by atoms with Gasteiger partial charge in [-0.05, 0) is 42.5 Å². The van der Waals surface area contributed by atoms with Crippen molar-refractivity contribution >= 4 is 11.6 Å². The van der Waals surface area contributed by atoms with Crippen LogP contribution in [0.1, 0.15) is 10.4 Å². The van der Waals surface area contributed by atoms with Crippen LogP contribution in [0.15, 0.2) is 42.5 Å². The van der Waals surface area contributed by atoms with E-state index in [2.05, 4.69) is 4.90 Å². The first-order valence-corrected chi connectivity index (χ1v) is 7.72. The zero-order valence-electron chi connectivity index (χ0n) is 13.3. The van der Waals surface area contributed by atoms with Gasteiger partial charge in [0.05, 0.1) is 12.7 Å². The van der Waals surface area contributed by atoms with E-state index in [0.717, 1.165) is 5.69 Å². The van der Waals surface area contributed by atoms with Crippen LogP contribution in [0.4, 0.5) is 14.5 Å². The molecule has 0 unspecified atom stereocenters. The number of hydrogen-bond acceptors (Lipinski definition) is 3. The molecule has 0 atom stereocenters. The Kier molecular flexibility index (Phi) is 4.64. The molecule has 0 radical (unpaired) electrons. The molecule has 2 aromatic carbocycles. The molecule has 3 rings (SSSR count). The van der Waals surface area contributed by atoms with Crippen LogP contribution in [0.3, 0.4) is 0 Å². The third-order valence-corrected chi connectivity index (χ3v) is 4.15. The molecular weight excluding hydrogens is 314 g/mol. The van der Waals surface area contributed by atoms with Crippen molar-refractivity contribution in [1.82, 2.24) is 4.90 Å². The Morgan fingerprint density at radius 1 is 0.958 bits per heavy atom. The third-order valence-electron chi connectivity index (χ3n) is 4.15. The van der Waals surface area contributed by atoms with Crippen LogP contribution in [0.2, 0.25) is 0 Å². The lowest BCUT2D eigenvalue weighted by molar-refractivity contribution is 0.0743. The molecule has 0 bridgehead atoms. The van der Waals surface area contributed by atoms with E-state index in [9.17, 15) is 13.6 Å². The second-order valence-corrected chi connectivity index (χ2v) is 5.60. The zero-order valence-corrected chi connectivity index (χ0v) is 13.3. The molecule has 1 saturated heterocycles. The zero-order chi connectivity index (χ0) is 17.1. The van der Waals surface area contributed by atoms with Crippen LogP contribution >= 0.6 is 0 Å². The van der Waals surface area contributed by atoms with Crippen molar-refractivity contribution in [2.75, 3.05) is 38.2 Å². The molecule has 0 N–H and O–H groups in total. The minimum atomic E-state index is -0.468. The summed E-state index contributed by atoms with van der Waals surface area (Å²) in [7, 11) is 1.45. The van der Waals surface area contributed by atoms with E-state index in [1.807, 2.05) is 0 Å².